The topological polar surface area (TPSA) is 89.8 Å². The molecule has 0 N–H and O–H groups in total. The number of fused-ring (bicyclic) bond motifs is 5. The minimum absolute atomic E-state index is 0.0676. The molecule has 0 saturated carbocycles. The lowest BCUT2D eigenvalue weighted by molar-refractivity contribution is -0.383. The van der Waals surface area contributed by atoms with Crippen molar-refractivity contribution in [2.45, 2.75) is 18.9 Å². The van der Waals surface area contributed by atoms with Crippen LogP contribution in [0.25, 0.3) is 10.8 Å². The molecule has 0 saturated heterocycles. The zero-order chi connectivity index (χ0) is 18.2. The Bertz CT molecular complexity index is 1130. The van der Waals surface area contributed by atoms with Crippen LogP contribution in [0.3, 0.4) is 0 Å². The van der Waals surface area contributed by atoms with Gasteiger partial charge in [0.1, 0.15) is 11.4 Å². The maximum atomic E-state index is 13.1. The van der Waals surface area contributed by atoms with Gasteiger partial charge in [0.25, 0.3) is 17.5 Å². The molecule has 0 spiro atoms. The van der Waals surface area contributed by atoms with Crippen molar-refractivity contribution in [2.24, 2.45) is 0 Å². The van der Waals surface area contributed by atoms with Crippen molar-refractivity contribution in [1.29, 1.82) is 0 Å². The van der Waals surface area contributed by atoms with E-state index in [9.17, 15) is 19.7 Å². The SMILES string of the molecule is CC12CC=C(O1)C1=C2C(=O)N(c2ccc([N+](=O)[O-])c3ccccc23)C1=O. The van der Waals surface area contributed by atoms with Crippen molar-refractivity contribution in [3.8, 4) is 0 Å². The van der Waals surface area contributed by atoms with Crippen LogP contribution in [0.5, 0.6) is 0 Å². The number of nitrogens with zero attached hydrogens (tertiary/aromatic N) is 2. The second-order valence-corrected chi connectivity index (χ2v) is 6.71. The van der Waals surface area contributed by atoms with Gasteiger partial charge in [-0.25, -0.2) is 4.90 Å². The summed E-state index contributed by atoms with van der Waals surface area (Å²) in [5, 5.41) is 12.2. The molecule has 3 heterocycles. The summed E-state index contributed by atoms with van der Waals surface area (Å²) in [5.74, 6) is -0.414. The van der Waals surface area contributed by atoms with E-state index in [1.807, 2.05) is 6.08 Å². The monoisotopic (exact) mass is 348 g/mol. The highest BCUT2D eigenvalue weighted by atomic mass is 16.6. The summed E-state index contributed by atoms with van der Waals surface area (Å²) in [6, 6.07) is 9.47. The number of nitro groups is 1. The fourth-order valence-corrected chi connectivity index (χ4v) is 4.01. The molecule has 1 unspecified atom stereocenters. The maximum absolute atomic E-state index is 13.1. The standard InChI is InChI=1S/C19H12N2O5/c1-19-9-8-14(26-19)15-16(19)18(23)20(17(15)22)12-6-7-13(21(24)25)11-5-3-2-4-10(11)12/h2-8H,9H2,1H3. The first-order chi connectivity index (χ1) is 12.4. The van der Waals surface area contributed by atoms with Gasteiger partial charge in [0.15, 0.2) is 0 Å². The van der Waals surface area contributed by atoms with E-state index in [0.717, 1.165) is 4.90 Å². The lowest BCUT2D eigenvalue weighted by Gasteiger charge is -2.24. The molecule has 26 heavy (non-hydrogen) atoms. The molecule has 5 rings (SSSR count). The first-order valence-electron chi connectivity index (χ1n) is 8.11. The second kappa shape index (κ2) is 4.57. The van der Waals surface area contributed by atoms with Crippen LogP contribution in [0.4, 0.5) is 11.4 Å². The highest BCUT2D eigenvalue weighted by molar-refractivity contribution is 6.37. The van der Waals surface area contributed by atoms with Crippen molar-refractivity contribution in [3.63, 3.8) is 0 Å². The third kappa shape index (κ3) is 1.62. The number of anilines is 1. The summed E-state index contributed by atoms with van der Waals surface area (Å²) < 4.78 is 5.72. The highest BCUT2D eigenvalue weighted by Crippen LogP contribution is 2.51. The van der Waals surface area contributed by atoms with Crippen molar-refractivity contribution < 1.29 is 19.2 Å². The van der Waals surface area contributed by atoms with Gasteiger partial charge in [0.2, 0.25) is 0 Å². The van der Waals surface area contributed by atoms with Gasteiger partial charge in [-0.2, -0.15) is 0 Å². The van der Waals surface area contributed by atoms with Gasteiger partial charge in [-0.1, -0.05) is 18.2 Å². The largest absolute Gasteiger partial charge is 0.482 e. The van der Waals surface area contributed by atoms with Crippen LogP contribution in [0, 0.1) is 10.1 Å². The third-order valence-electron chi connectivity index (χ3n) is 5.19. The normalized spacial score (nSPS) is 23.6. The van der Waals surface area contributed by atoms with E-state index < -0.39 is 22.3 Å². The Kier molecular flexibility index (Phi) is 2.61. The maximum Gasteiger partial charge on any atom is 0.277 e. The van der Waals surface area contributed by atoms with Crippen molar-refractivity contribution >= 4 is 34.0 Å². The number of ether oxygens (including phenoxy) is 1. The summed E-state index contributed by atoms with van der Waals surface area (Å²) in [6.07, 6.45) is 2.37. The van der Waals surface area contributed by atoms with Crippen molar-refractivity contribution in [3.05, 3.63) is 69.5 Å². The minimum Gasteiger partial charge on any atom is -0.482 e. The van der Waals surface area contributed by atoms with Crippen molar-refractivity contribution in [2.75, 3.05) is 4.90 Å². The molecule has 1 atom stereocenters. The van der Waals surface area contributed by atoms with E-state index in [1.165, 1.54) is 12.1 Å². The number of benzene rings is 2. The van der Waals surface area contributed by atoms with E-state index in [1.54, 1.807) is 31.2 Å². The van der Waals surface area contributed by atoms with Crippen LogP contribution >= 0.6 is 0 Å². The van der Waals surface area contributed by atoms with Crippen LogP contribution in [0.1, 0.15) is 13.3 Å². The Morgan fingerprint density at radius 3 is 2.54 bits per heavy atom. The predicted octanol–water partition coefficient (Wildman–Crippen LogP) is 2.99. The number of carbonyl (C=O) groups is 2. The number of hydrogen-bond acceptors (Lipinski definition) is 5. The fourth-order valence-electron chi connectivity index (χ4n) is 4.01. The lowest BCUT2D eigenvalue weighted by Crippen LogP contribution is -2.37. The quantitative estimate of drug-likeness (QED) is 0.473. The van der Waals surface area contributed by atoms with Crippen LogP contribution in [0.2, 0.25) is 0 Å². The number of carbonyl (C=O) groups excluding carboxylic acids is 2. The number of nitro benzene ring substituents is 1. The van der Waals surface area contributed by atoms with Gasteiger partial charge < -0.3 is 4.74 Å². The van der Waals surface area contributed by atoms with Crippen LogP contribution in [-0.2, 0) is 14.3 Å². The van der Waals surface area contributed by atoms with Crippen molar-refractivity contribution in [1.82, 2.24) is 0 Å². The molecule has 128 valence electrons. The van der Waals surface area contributed by atoms with Crippen LogP contribution < -0.4 is 4.90 Å². The smallest absolute Gasteiger partial charge is 0.277 e. The first-order valence-corrected chi connectivity index (χ1v) is 8.11. The molecule has 7 nitrogen and oxygen atoms in total. The summed E-state index contributed by atoms with van der Waals surface area (Å²) in [5.41, 5.74) is 0.165. The van der Waals surface area contributed by atoms with E-state index in [2.05, 4.69) is 0 Å². The summed E-state index contributed by atoms with van der Waals surface area (Å²) in [6.45, 7) is 1.79. The Hall–Kier alpha value is -3.48. The number of hydrogen-bond donors (Lipinski definition) is 0. The summed E-state index contributed by atoms with van der Waals surface area (Å²) >= 11 is 0. The average Bonchev–Trinajstić information content (AvgIpc) is 3.23. The molecule has 7 heteroatoms. The van der Waals surface area contributed by atoms with Gasteiger partial charge in [-0.3, -0.25) is 19.7 Å². The Morgan fingerprint density at radius 1 is 1.12 bits per heavy atom. The molecular weight excluding hydrogens is 336 g/mol. The molecule has 2 aromatic rings. The van der Waals surface area contributed by atoms with Gasteiger partial charge in [-0.05, 0) is 25.1 Å². The molecule has 2 aromatic carbocycles. The molecule has 0 radical (unpaired) electrons. The zero-order valence-electron chi connectivity index (χ0n) is 13.7. The Labute approximate surface area is 147 Å². The zero-order valence-corrected chi connectivity index (χ0v) is 13.7. The molecule has 3 aliphatic rings. The molecule has 0 aliphatic carbocycles. The van der Waals surface area contributed by atoms with Gasteiger partial charge >= 0.3 is 0 Å². The van der Waals surface area contributed by atoms with E-state index >= 15 is 0 Å². The van der Waals surface area contributed by atoms with E-state index in [-0.39, 0.29) is 5.69 Å². The highest BCUT2D eigenvalue weighted by Gasteiger charge is 2.57. The number of amides is 2. The summed E-state index contributed by atoms with van der Waals surface area (Å²) in [7, 11) is 0. The molecule has 3 aliphatic heterocycles. The van der Waals surface area contributed by atoms with Gasteiger partial charge in [0.05, 0.1) is 27.1 Å². The minimum atomic E-state index is -0.803. The predicted molar refractivity (Wildman–Crippen MR) is 92.3 cm³/mol. The Morgan fingerprint density at radius 2 is 1.85 bits per heavy atom. The number of non-ortho nitro benzene ring substituents is 1. The number of imide groups is 1. The first kappa shape index (κ1) is 14.8. The van der Waals surface area contributed by atoms with Crippen LogP contribution in [-0.4, -0.2) is 22.3 Å². The number of rotatable bonds is 2. The molecule has 2 bridgehead atoms. The lowest BCUT2D eigenvalue weighted by atomic mass is 9.88. The molecule has 0 fully saturated rings. The van der Waals surface area contributed by atoms with Gasteiger partial charge in [0, 0.05) is 17.9 Å². The van der Waals surface area contributed by atoms with E-state index in [0.29, 0.717) is 39.8 Å². The van der Waals surface area contributed by atoms with Crippen LogP contribution in [0.15, 0.2) is 59.4 Å². The van der Waals surface area contributed by atoms with Gasteiger partial charge in [-0.15, -0.1) is 0 Å². The Balaban J connectivity index is 1.71. The second-order valence-electron chi connectivity index (χ2n) is 6.71. The molecule has 0 aromatic heterocycles. The molecule has 2 amide bonds. The average molecular weight is 348 g/mol. The third-order valence-corrected chi connectivity index (χ3v) is 5.19. The molecular formula is C19H12N2O5. The fraction of sp³-hybridized carbons (Fsp3) is 0.158. The van der Waals surface area contributed by atoms with E-state index in [4.69, 9.17) is 4.74 Å². The summed E-state index contributed by atoms with van der Waals surface area (Å²) in [4.78, 5) is 38.0.